The van der Waals surface area contributed by atoms with Crippen molar-refractivity contribution in [2.24, 2.45) is 0 Å². The van der Waals surface area contributed by atoms with Gasteiger partial charge in [-0.05, 0) is 13.0 Å². The molecule has 1 N–H and O–H groups in total. The summed E-state index contributed by atoms with van der Waals surface area (Å²) in [5.41, 5.74) is 1.37. The standard InChI is InChI=1S/C18H22N4O4/c1-12-7-14(21-26-12)9-18(24)22-6-4-17(11-22)25-16-3-5-19-15(8-16)10-20-13(2)23/h3,5,7-8,17H,4,6,9-11H2,1-2H3,(H,20,23). The average molecular weight is 358 g/mol. The maximum Gasteiger partial charge on any atom is 0.228 e. The Hall–Kier alpha value is -2.90. The molecule has 0 spiro atoms. The van der Waals surface area contributed by atoms with Crippen LogP contribution in [0.25, 0.3) is 0 Å². The Morgan fingerprint density at radius 3 is 2.96 bits per heavy atom. The largest absolute Gasteiger partial charge is 0.488 e. The monoisotopic (exact) mass is 358 g/mol. The lowest BCUT2D eigenvalue weighted by molar-refractivity contribution is -0.129. The minimum Gasteiger partial charge on any atom is -0.488 e. The van der Waals surface area contributed by atoms with Crippen molar-refractivity contribution < 1.29 is 18.8 Å². The van der Waals surface area contributed by atoms with Crippen LogP contribution in [0.1, 0.15) is 30.5 Å². The quantitative estimate of drug-likeness (QED) is 0.834. The smallest absolute Gasteiger partial charge is 0.228 e. The fourth-order valence-electron chi connectivity index (χ4n) is 2.85. The molecule has 0 radical (unpaired) electrons. The van der Waals surface area contributed by atoms with E-state index in [1.165, 1.54) is 6.92 Å². The number of aryl methyl sites for hydroxylation is 1. The molecule has 1 saturated heterocycles. The summed E-state index contributed by atoms with van der Waals surface area (Å²) >= 11 is 0. The van der Waals surface area contributed by atoms with Gasteiger partial charge in [0.05, 0.1) is 30.9 Å². The highest BCUT2D eigenvalue weighted by molar-refractivity contribution is 5.78. The summed E-state index contributed by atoms with van der Waals surface area (Å²) in [6.45, 7) is 4.82. The maximum atomic E-state index is 12.4. The third-order valence-electron chi connectivity index (χ3n) is 4.12. The first kappa shape index (κ1) is 17.9. The highest BCUT2D eigenvalue weighted by Gasteiger charge is 2.28. The summed E-state index contributed by atoms with van der Waals surface area (Å²) < 4.78 is 11.0. The van der Waals surface area contributed by atoms with Crippen LogP contribution in [0.4, 0.5) is 0 Å². The molecule has 0 bridgehead atoms. The van der Waals surface area contributed by atoms with E-state index in [9.17, 15) is 9.59 Å². The van der Waals surface area contributed by atoms with E-state index in [-0.39, 0.29) is 24.3 Å². The summed E-state index contributed by atoms with van der Waals surface area (Å²) in [5.74, 6) is 1.30. The third-order valence-corrected chi connectivity index (χ3v) is 4.12. The summed E-state index contributed by atoms with van der Waals surface area (Å²) in [7, 11) is 0. The highest BCUT2D eigenvalue weighted by Crippen LogP contribution is 2.19. The Bertz CT molecular complexity index is 789. The van der Waals surface area contributed by atoms with Crippen LogP contribution in [-0.2, 0) is 22.6 Å². The van der Waals surface area contributed by atoms with Crippen LogP contribution < -0.4 is 10.1 Å². The predicted molar refractivity (Wildman–Crippen MR) is 92.3 cm³/mol. The van der Waals surface area contributed by atoms with Crippen molar-refractivity contribution in [3.63, 3.8) is 0 Å². The normalized spacial score (nSPS) is 16.5. The van der Waals surface area contributed by atoms with Crippen LogP contribution in [0.3, 0.4) is 0 Å². The van der Waals surface area contributed by atoms with Gasteiger partial charge < -0.3 is 19.5 Å². The zero-order chi connectivity index (χ0) is 18.5. The lowest BCUT2D eigenvalue weighted by Crippen LogP contribution is -2.32. The van der Waals surface area contributed by atoms with Crippen LogP contribution in [-0.4, -0.2) is 46.0 Å². The van der Waals surface area contributed by atoms with Crippen molar-refractivity contribution in [2.45, 2.75) is 39.3 Å². The number of ether oxygens (including phenoxy) is 1. The van der Waals surface area contributed by atoms with E-state index in [4.69, 9.17) is 9.26 Å². The molecular weight excluding hydrogens is 336 g/mol. The topological polar surface area (TPSA) is 97.6 Å². The van der Waals surface area contributed by atoms with E-state index in [0.717, 1.165) is 12.1 Å². The second kappa shape index (κ2) is 7.99. The number of carbonyl (C=O) groups is 2. The van der Waals surface area contributed by atoms with Crippen molar-refractivity contribution >= 4 is 11.8 Å². The zero-order valence-corrected chi connectivity index (χ0v) is 14.9. The molecule has 2 aromatic heterocycles. The summed E-state index contributed by atoms with van der Waals surface area (Å²) in [6.07, 6.45) is 2.60. The number of nitrogens with zero attached hydrogens (tertiary/aromatic N) is 3. The Labute approximate surface area is 151 Å². The minimum absolute atomic E-state index is 0.0190. The van der Waals surface area contributed by atoms with Gasteiger partial charge in [0.1, 0.15) is 17.6 Å². The van der Waals surface area contributed by atoms with Crippen LogP contribution in [0.15, 0.2) is 28.9 Å². The molecule has 8 heteroatoms. The zero-order valence-electron chi connectivity index (χ0n) is 14.9. The molecule has 2 amide bonds. The molecule has 0 aromatic carbocycles. The van der Waals surface area contributed by atoms with Gasteiger partial charge in [-0.15, -0.1) is 0 Å². The van der Waals surface area contributed by atoms with E-state index in [1.54, 1.807) is 36.2 Å². The Morgan fingerprint density at radius 1 is 1.38 bits per heavy atom. The van der Waals surface area contributed by atoms with Crippen LogP contribution in [0, 0.1) is 6.92 Å². The summed E-state index contributed by atoms with van der Waals surface area (Å²) in [4.78, 5) is 29.3. The van der Waals surface area contributed by atoms with E-state index in [0.29, 0.717) is 36.8 Å². The van der Waals surface area contributed by atoms with Crippen LogP contribution in [0.5, 0.6) is 5.75 Å². The lowest BCUT2D eigenvalue weighted by atomic mass is 10.2. The van der Waals surface area contributed by atoms with Crippen molar-refractivity contribution in [3.05, 3.63) is 41.5 Å². The highest BCUT2D eigenvalue weighted by atomic mass is 16.5. The molecule has 3 rings (SSSR count). The van der Waals surface area contributed by atoms with Gasteiger partial charge in [-0.25, -0.2) is 0 Å². The Balaban J connectivity index is 1.51. The fraction of sp³-hybridized carbons (Fsp3) is 0.444. The molecule has 2 aromatic rings. The fourth-order valence-corrected chi connectivity index (χ4v) is 2.85. The van der Waals surface area contributed by atoms with Crippen molar-refractivity contribution in [3.8, 4) is 5.75 Å². The van der Waals surface area contributed by atoms with Gasteiger partial charge in [-0.2, -0.15) is 0 Å². The number of likely N-dealkylation sites (tertiary alicyclic amines) is 1. The molecule has 3 heterocycles. The summed E-state index contributed by atoms with van der Waals surface area (Å²) in [6, 6.07) is 5.36. The number of amides is 2. The maximum absolute atomic E-state index is 12.4. The molecule has 1 fully saturated rings. The Kier molecular flexibility index (Phi) is 5.50. The van der Waals surface area contributed by atoms with E-state index < -0.39 is 0 Å². The molecule has 1 unspecified atom stereocenters. The lowest BCUT2D eigenvalue weighted by Gasteiger charge is -2.17. The number of aromatic nitrogens is 2. The molecular formula is C18H22N4O4. The van der Waals surface area contributed by atoms with Gasteiger partial charge >= 0.3 is 0 Å². The minimum atomic E-state index is -0.106. The first-order chi connectivity index (χ1) is 12.5. The van der Waals surface area contributed by atoms with Gasteiger partial charge in [0.2, 0.25) is 11.8 Å². The van der Waals surface area contributed by atoms with Gasteiger partial charge in [0.15, 0.2) is 0 Å². The number of hydrogen-bond acceptors (Lipinski definition) is 6. The van der Waals surface area contributed by atoms with Crippen molar-refractivity contribution in [1.82, 2.24) is 20.4 Å². The molecule has 26 heavy (non-hydrogen) atoms. The third kappa shape index (κ3) is 4.81. The van der Waals surface area contributed by atoms with Gasteiger partial charge in [-0.3, -0.25) is 14.6 Å². The molecule has 1 aliphatic heterocycles. The molecule has 1 atom stereocenters. The Morgan fingerprint density at radius 2 is 2.23 bits per heavy atom. The van der Waals surface area contributed by atoms with Gasteiger partial charge in [0.25, 0.3) is 0 Å². The number of carbonyl (C=O) groups excluding carboxylic acids is 2. The van der Waals surface area contributed by atoms with Gasteiger partial charge in [-0.1, -0.05) is 5.16 Å². The number of rotatable bonds is 6. The molecule has 1 aliphatic rings. The average Bonchev–Trinajstić information content (AvgIpc) is 3.22. The van der Waals surface area contributed by atoms with Gasteiger partial charge in [0, 0.05) is 38.2 Å². The second-order valence-corrected chi connectivity index (χ2v) is 6.37. The second-order valence-electron chi connectivity index (χ2n) is 6.37. The first-order valence-corrected chi connectivity index (χ1v) is 8.55. The number of nitrogens with one attached hydrogen (secondary N) is 1. The van der Waals surface area contributed by atoms with Crippen molar-refractivity contribution in [2.75, 3.05) is 13.1 Å². The molecule has 0 aliphatic carbocycles. The van der Waals surface area contributed by atoms with E-state index in [1.807, 2.05) is 0 Å². The number of pyridine rings is 1. The molecule has 138 valence electrons. The van der Waals surface area contributed by atoms with E-state index in [2.05, 4.69) is 15.5 Å². The summed E-state index contributed by atoms with van der Waals surface area (Å²) in [5, 5.41) is 6.57. The predicted octanol–water partition coefficient (Wildman–Crippen LogP) is 1.24. The van der Waals surface area contributed by atoms with Crippen molar-refractivity contribution in [1.29, 1.82) is 0 Å². The van der Waals surface area contributed by atoms with E-state index >= 15 is 0 Å². The first-order valence-electron chi connectivity index (χ1n) is 8.55. The van der Waals surface area contributed by atoms with Crippen LogP contribution >= 0.6 is 0 Å². The number of hydrogen-bond donors (Lipinski definition) is 1. The molecule has 0 saturated carbocycles. The SMILES string of the molecule is CC(=O)NCc1cc(OC2CCN(C(=O)Cc3cc(C)on3)C2)ccn1. The molecule has 8 nitrogen and oxygen atoms in total. The van der Waals surface area contributed by atoms with Crippen LogP contribution in [0.2, 0.25) is 0 Å².